The quantitative estimate of drug-likeness (QED) is 0.593. The van der Waals surface area contributed by atoms with Gasteiger partial charge in [0.05, 0.1) is 18.6 Å². The Morgan fingerprint density at radius 3 is 2.25 bits per heavy atom. The molecule has 0 aliphatic rings. The average molecular weight is 402 g/mol. The van der Waals surface area contributed by atoms with Crippen LogP contribution in [-0.2, 0) is 20.0 Å². The van der Waals surface area contributed by atoms with Crippen molar-refractivity contribution in [3.63, 3.8) is 0 Å². The fourth-order valence-electron chi connectivity index (χ4n) is 1.65. The van der Waals surface area contributed by atoms with Crippen LogP contribution in [0.15, 0.2) is 23.1 Å². The molecule has 1 rings (SSSR count). The summed E-state index contributed by atoms with van der Waals surface area (Å²) in [4.78, 5) is -0.197. The van der Waals surface area contributed by atoms with Crippen molar-refractivity contribution in [1.29, 1.82) is 0 Å². The Kier molecular flexibility index (Phi) is 7.97. The normalized spacial score (nSPS) is 12.4. The second kappa shape index (κ2) is 8.34. The number of methoxy groups -OCH3 is 1. The molecule has 0 fully saturated rings. The first-order chi connectivity index (χ1) is 10.5. The van der Waals surface area contributed by atoms with Crippen LogP contribution in [0.1, 0.15) is 20.8 Å². The van der Waals surface area contributed by atoms with E-state index in [4.69, 9.17) is 10.5 Å². The van der Waals surface area contributed by atoms with E-state index in [9.17, 15) is 16.8 Å². The van der Waals surface area contributed by atoms with Gasteiger partial charge in [-0.15, -0.1) is 12.4 Å². The number of nitrogens with one attached hydrogen (secondary N) is 2. The van der Waals surface area contributed by atoms with Gasteiger partial charge in [-0.25, -0.2) is 21.6 Å². The molecule has 0 saturated carbocycles. The van der Waals surface area contributed by atoms with E-state index in [-0.39, 0.29) is 35.3 Å². The van der Waals surface area contributed by atoms with Crippen LogP contribution >= 0.6 is 12.4 Å². The Balaban J connectivity index is 0.00000529. The van der Waals surface area contributed by atoms with Gasteiger partial charge in [0.1, 0.15) is 10.6 Å². The third-order valence-corrected chi connectivity index (χ3v) is 6.09. The number of anilines is 1. The van der Waals surface area contributed by atoms with Crippen molar-refractivity contribution in [3.8, 4) is 5.75 Å². The number of hydrogen-bond acceptors (Lipinski definition) is 6. The monoisotopic (exact) mass is 401 g/mol. The first-order valence-electron chi connectivity index (χ1n) is 6.89. The first kappa shape index (κ1) is 22.9. The number of benzene rings is 1. The van der Waals surface area contributed by atoms with Crippen molar-refractivity contribution in [1.82, 2.24) is 4.72 Å². The van der Waals surface area contributed by atoms with Crippen LogP contribution in [0, 0.1) is 0 Å². The van der Waals surface area contributed by atoms with Crippen LogP contribution in [0.2, 0.25) is 0 Å². The predicted molar refractivity (Wildman–Crippen MR) is 96.8 cm³/mol. The molecule has 0 bridgehead atoms. The van der Waals surface area contributed by atoms with Gasteiger partial charge in [0.15, 0.2) is 0 Å². The van der Waals surface area contributed by atoms with Crippen molar-refractivity contribution in [2.75, 3.05) is 24.1 Å². The topological polar surface area (TPSA) is 128 Å². The Bertz CT molecular complexity index is 764. The lowest BCUT2D eigenvalue weighted by molar-refractivity contribution is 0.414. The van der Waals surface area contributed by atoms with E-state index in [1.165, 1.54) is 32.2 Å². The summed E-state index contributed by atoms with van der Waals surface area (Å²) >= 11 is 0. The highest BCUT2D eigenvalue weighted by Gasteiger charge is 2.28. The molecule has 0 amide bonds. The van der Waals surface area contributed by atoms with E-state index >= 15 is 0 Å². The first-order valence-corrected chi connectivity index (χ1v) is 10.0. The molecule has 140 valence electrons. The molecule has 4 N–H and O–H groups in total. The minimum Gasteiger partial charge on any atom is -0.497 e. The van der Waals surface area contributed by atoms with Crippen LogP contribution in [0.4, 0.5) is 5.69 Å². The molecule has 0 radical (unpaired) electrons. The van der Waals surface area contributed by atoms with E-state index < -0.39 is 25.6 Å². The van der Waals surface area contributed by atoms with Crippen molar-refractivity contribution < 1.29 is 21.6 Å². The highest BCUT2D eigenvalue weighted by molar-refractivity contribution is 7.93. The van der Waals surface area contributed by atoms with Gasteiger partial charge in [-0.1, -0.05) is 0 Å². The summed E-state index contributed by atoms with van der Waals surface area (Å²) in [6.45, 7) is 4.79. The molecule has 1 aromatic rings. The number of halogens is 1. The van der Waals surface area contributed by atoms with E-state index in [1.54, 1.807) is 13.8 Å². The Morgan fingerprint density at radius 2 is 1.79 bits per heavy atom. The maximum atomic E-state index is 12.6. The molecule has 24 heavy (non-hydrogen) atoms. The van der Waals surface area contributed by atoms with Gasteiger partial charge in [0.2, 0.25) is 20.0 Å². The Morgan fingerprint density at radius 1 is 1.21 bits per heavy atom. The fraction of sp³-hybridized carbons (Fsp3) is 0.538. The van der Waals surface area contributed by atoms with Gasteiger partial charge >= 0.3 is 0 Å². The zero-order valence-corrected chi connectivity index (χ0v) is 16.4. The molecule has 1 aromatic carbocycles. The summed E-state index contributed by atoms with van der Waals surface area (Å²) in [7, 11) is -6.23. The molecule has 0 atom stereocenters. The van der Waals surface area contributed by atoms with Crippen molar-refractivity contribution >= 4 is 38.1 Å². The van der Waals surface area contributed by atoms with Crippen LogP contribution in [0.3, 0.4) is 0 Å². The van der Waals surface area contributed by atoms with Gasteiger partial charge in [-0.2, -0.15) is 0 Å². The summed E-state index contributed by atoms with van der Waals surface area (Å²) in [6.07, 6.45) is 0. The molecule has 0 heterocycles. The highest BCUT2D eigenvalue weighted by Crippen LogP contribution is 2.28. The second-order valence-corrected chi connectivity index (χ2v) is 9.22. The molecule has 0 aliphatic carbocycles. The molecule has 0 aliphatic heterocycles. The number of hydrogen-bond donors (Lipinski definition) is 3. The van der Waals surface area contributed by atoms with Gasteiger partial charge in [0.25, 0.3) is 0 Å². The van der Waals surface area contributed by atoms with Crippen molar-refractivity contribution in [2.45, 2.75) is 31.2 Å². The molecule has 0 aromatic heterocycles. The lowest BCUT2D eigenvalue weighted by Crippen LogP contribution is -2.48. The smallest absolute Gasteiger partial charge is 0.243 e. The lowest BCUT2D eigenvalue weighted by Gasteiger charge is -2.24. The van der Waals surface area contributed by atoms with Crippen LogP contribution in [-0.4, -0.2) is 41.8 Å². The molecule has 8 nitrogen and oxygen atoms in total. The fourth-order valence-corrected chi connectivity index (χ4v) is 3.93. The molecule has 0 saturated heterocycles. The Labute approximate surface area is 149 Å². The zero-order chi connectivity index (χ0) is 17.9. The average Bonchev–Trinajstić information content (AvgIpc) is 2.45. The maximum Gasteiger partial charge on any atom is 0.243 e. The van der Waals surface area contributed by atoms with E-state index in [2.05, 4.69) is 9.44 Å². The summed E-state index contributed by atoms with van der Waals surface area (Å²) in [5, 5.41) is 0. The van der Waals surface area contributed by atoms with Gasteiger partial charge < -0.3 is 10.5 Å². The van der Waals surface area contributed by atoms with Gasteiger partial charge in [0, 0.05) is 18.2 Å². The highest BCUT2D eigenvalue weighted by atomic mass is 35.5. The van der Waals surface area contributed by atoms with Crippen LogP contribution in [0.5, 0.6) is 5.75 Å². The van der Waals surface area contributed by atoms with Crippen LogP contribution in [0.25, 0.3) is 0 Å². The van der Waals surface area contributed by atoms with Crippen molar-refractivity contribution in [3.05, 3.63) is 18.2 Å². The summed E-state index contributed by atoms with van der Waals surface area (Å²) in [5.41, 5.74) is 4.59. The van der Waals surface area contributed by atoms with E-state index in [0.717, 1.165) is 0 Å². The van der Waals surface area contributed by atoms with Gasteiger partial charge in [-0.05, 0) is 32.9 Å². The zero-order valence-electron chi connectivity index (χ0n) is 14.0. The summed E-state index contributed by atoms with van der Waals surface area (Å²) in [6, 6.07) is 4.03. The third kappa shape index (κ3) is 6.10. The van der Waals surface area contributed by atoms with E-state index in [0.29, 0.717) is 5.75 Å². The molecular weight excluding hydrogens is 378 g/mol. The minimum absolute atomic E-state index is 0. The van der Waals surface area contributed by atoms with E-state index in [1.807, 2.05) is 0 Å². The summed E-state index contributed by atoms with van der Waals surface area (Å²) in [5.74, 6) is 0.140. The predicted octanol–water partition coefficient (Wildman–Crippen LogP) is 0.894. The molecule has 0 spiro atoms. The molecule has 11 heteroatoms. The number of rotatable bonds is 8. The largest absolute Gasteiger partial charge is 0.497 e. The lowest BCUT2D eigenvalue weighted by atomic mass is 10.1. The summed E-state index contributed by atoms with van der Waals surface area (Å²) < 4.78 is 58.5. The number of nitrogens with two attached hydrogens (primary N) is 1. The minimum atomic E-state index is -3.98. The third-order valence-electron chi connectivity index (χ3n) is 3.04. The molecular formula is C13H24ClN3O5S2. The number of sulfonamides is 2. The SMILES string of the molecule is CCS(=O)(=O)Nc1cc(OC)ccc1S(=O)(=O)NC(C)(C)CN.Cl. The van der Waals surface area contributed by atoms with Crippen molar-refractivity contribution in [2.24, 2.45) is 5.73 Å². The Hall–Kier alpha value is -1.07. The van der Waals surface area contributed by atoms with Gasteiger partial charge in [-0.3, -0.25) is 4.72 Å². The molecule has 0 unspecified atom stereocenters. The second-order valence-electron chi connectivity index (χ2n) is 5.56. The number of ether oxygens (including phenoxy) is 1. The van der Waals surface area contributed by atoms with Crippen LogP contribution < -0.4 is 19.9 Å². The standard InChI is InChI=1S/C13H23N3O5S2.ClH/c1-5-22(17,18)15-11-8-10(21-4)6-7-12(11)23(19,20)16-13(2,3)9-14;/h6-8,15-16H,5,9,14H2,1-4H3;1H. The maximum absolute atomic E-state index is 12.6.